The summed E-state index contributed by atoms with van der Waals surface area (Å²) in [7, 11) is 0. The molecule has 1 saturated heterocycles. The second-order valence-electron chi connectivity index (χ2n) is 5.16. The zero-order valence-electron chi connectivity index (χ0n) is 12.5. The highest BCUT2D eigenvalue weighted by molar-refractivity contribution is 7.15. The third kappa shape index (κ3) is 3.29. The monoisotopic (exact) mass is 304 g/mol. The zero-order chi connectivity index (χ0) is 14.7. The molecular weight excluding hydrogens is 284 g/mol. The fraction of sp³-hybridized carbons (Fsp3) is 0.571. The maximum Gasteiger partial charge on any atom is 0.208 e. The van der Waals surface area contributed by atoms with Crippen LogP contribution in [0.5, 0.6) is 0 Å². The first kappa shape index (κ1) is 14.2. The predicted molar refractivity (Wildman–Crippen MR) is 85.1 cm³/mol. The summed E-state index contributed by atoms with van der Waals surface area (Å²) in [4.78, 5) is 13.3. The Morgan fingerprint density at radius 2 is 1.90 bits per heavy atom. The van der Waals surface area contributed by atoms with Crippen molar-refractivity contribution in [2.24, 2.45) is 0 Å². The summed E-state index contributed by atoms with van der Waals surface area (Å²) < 4.78 is 0. The van der Waals surface area contributed by atoms with Crippen molar-refractivity contribution in [2.45, 2.75) is 26.7 Å². The van der Waals surface area contributed by atoms with E-state index in [2.05, 4.69) is 36.9 Å². The molecule has 0 spiro atoms. The van der Waals surface area contributed by atoms with Crippen LogP contribution >= 0.6 is 11.3 Å². The molecule has 0 N–H and O–H groups in total. The summed E-state index contributed by atoms with van der Waals surface area (Å²) in [5.41, 5.74) is 0. The van der Waals surface area contributed by atoms with Crippen LogP contribution in [0.3, 0.4) is 0 Å². The van der Waals surface area contributed by atoms with E-state index in [0.29, 0.717) is 0 Å². The van der Waals surface area contributed by atoms with Gasteiger partial charge in [-0.1, -0.05) is 18.3 Å². The Morgan fingerprint density at radius 1 is 1.14 bits per heavy atom. The number of aryl methyl sites for hydroxylation is 2. The normalized spacial score (nSPS) is 15.5. The molecule has 2 aromatic rings. The number of aromatic nitrogens is 4. The molecule has 0 radical (unpaired) electrons. The molecule has 3 rings (SSSR count). The maximum absolute atomic E-state index is 4.49. The van der Waals surface area contributed by atoms with Gasteiger partial charge in [0.25, 0.3) is 0 Å². The van der Waals surface area contributed by atoms with Gasteiger partial charge in [0.15, 0.2) is 0 Å². The van der Waals surface area contributed by atoms with Crippen LogP contribution < -0.4 is 9.80 Å². The number of rotatable bonds is 4. The fourth-order valence-corrected chi connectivity index (χ4v) is 3.43. The lowest BCUT2D eigenvalue weighted by atomic mass is 10.3. The van der Waals surface area contributed by atoms with Crippen LogP contribution in [0.4, 0.5) is 10.9 Å². The third-order valence-corrected chi connectivity index (χ3v) is 4.60. The SMILES string of the molecule is CCCc1nnc(N2CCN(c3ccnc(C)n3)CC2)s1. The van der Waals surface area contributed by atoms with E-state index in [0.717, 1.165) is 60.8 Å². The van der Waals surface area contributed by atoms with Crippen LogP contribution in [-0.4, -0.2) is 46.3 Å². The molecule has 0 saturated carbocycles. The summed E-state index contributed by atoms with van der Waals surface area (Å²) in [6.45, 7) is 7.94. The minimum absolute atomic E-state index is 0.822. The van der Waals surface area contributed by atoms with E-state index in [9.17, 15) is 0 Å². The summed E-state index contributed by atoms with van der Waals surface area (Å²) in [6.07, 6.45) is 3.97. The first-order valence-corrected chi connectivity index (χ1v) is 8.20. The minimum Gasteiger partial charge on any atom is -0.353 e. The molecule has 6 nitrogen and oxygen atoms in total. The summed E-state index contributed by atoms with van der Waals surface area (Å²) in [5, 5.41) is 10.8. The van der Waals surface area contributed by atoms with Crippen LogP contribution in [0, 0.1) is 6.92 Å². The Balaban J connectivity index is 1.61. The van der Waals surface area contributed by atoms with Crippen molar-refractivity contribution < 1.29 is 0 Å². The molecule has 0 aromatic carbocycles. The molecule has 0 unspecified atom stereocenters. The number of piperazine rings is 1. The molecule has 1 fully saturated rings. The van der Waals surface area contributed by atoms with Crippen LogP contribution in [0.2, 0.25) is 0 Å². The molecule has 1 aliphatic rings. The third-order valence-electron chi connectivity index (χ3n) is 3.56. The van der Waals surface area contributed by atoms with Crippen LogP contribution in [0.25, 0.3) is 0 Å². The molecule has 112 valence electrons. The molecule has 0 atom stereocenters. The Labute approximate surface area is 128 Å². The predicted octanol–water partition coefficient (Wildman–Crippen LogP) is 1.92. The number of anilines is 2. The van der Waals surface area contributed by atoms with Crippen LogP contribution in [-0.2, 0) is 6.42 Å². The highest BCUT2D eigenvalue weighted by Crippen LogP contribution is 2.23. The molecular formula is C14H20N6S. The van der Waals surface area contributed by atoms with Gasteiger partial charge in [-0.25, -0.2) is 9.97 Å². The first-order valence-electron chi connectivity index (χ1n) is 7.38. The second-order valence-corrected chi connectivity index (χ2v) is 6.21. The smallest absolute Gasteiger partial charge is 0.208 e. The Bertz CT molecular complexity index is 591. The van der Waals surface area contributed by atoms with E-state index in [4.69, 9.17) is 0 Å². The lowest BCUT2D eigenvalue weighted by Crippen LogP contribution is -2.46. The maximum atomic E-state index is 4.49. The summed E-state index contributed by atoms with van der Waals surface area (Å²) >= 11 is 1.72. The molecule has 0 amide bonds. The van der Waals surface area contributed by atoms with Gasteiger partial charge in [-0.2, -0.15) is 0 Å². The standard InChI is InChI=1S/C14H20N6S/c1-3-4-13-17-18-14(21-13)20-9-7-19(8-10-20)12-5-6-15-11(2)16-12/h5-6H,3-4,7-10H2,1-2H3. The number of nitrogens with zero attached hydrogens (tertiary/aromatic N) is 6. The lowest BCUT2D eigenvalue weighted by Gasteiger charge is -2.35. The Hall–Kier alpha value is -1.76. The number of hydrogen-bond donors (Lipinski definition) is 0. The van der Waals surface area contributed by atoms with E-state index in [-0.39, 0.29) is 0 Å². The quantitative estimate of drug-likeness (QED) is 0.860. The topological polar surface area (TPSA) is 58.0 Å². The van der Waals surface area contributed by atoms with Gasteiger partial charge in [-0.05, 0) is 19.4 Å². The average molecular weight is 304 g/mol. The molecule has 7 heteroatoms. The fourth-order valence-electron chi connectivity index (χ4n) is 2.43. The second kappa shape index (κ2) is 6.34. The summed E-state index contributed by atoms with van der Waals surface area (Å²) in [5.74, 6) is 1.84. The van der Waals surface area contributed by atoms with E-state index >= 15 is 0 Å². The van der Waals surface area contributed by atoms with Gasteiger partial charge in [0.1, 0.15) is 16.6 Å². The van der Waals surface area contributed by atoms with Gasteiger partial charge in [0.05, 0.1) is 0 Å². The van der Waals surface area contributed by atoms with Crippen LogP contribution in [0.15, 0.2) is 12.3 Å². The van der Waals surface area contributed by atoms with E-state index in [1.807, 2.05) is 19.2 Å². The van der Waals surface area contributed by atoms with E-state index < -0.39 is 0 Å². The highest BCUT2D eigenvalue weighted by Gasteiger charge is 2.21. The Morgan fingerprint density at radius 3 is 2.62 bits per heavy atom. The van der Waals surface area contributed by atoms with Gasteiger partial charge >= 0.3 is 0 Å². The van der Waals surface area contributed by atoms with Crippen molar-refractivity contribution in [3.05, 3.63) is 23.1 Å². The van der Waals surface area contributed by atoms with Gasteiger partial charge < -0.3 is 9.80 Å². The molecule has 1 aliphatic heterocycles. The van der Waals surface area contributed by atoms with E-state index in [1.165, 1.54) is 0 Å². The van der Waals surface area contributed by atoms with Crippen LogP contribution in [0.1, 0.15) is 24.2 Å². The first-order chi connectivity index (χ1) is 10.3. The minimum atomic E-state index is 0.822. The molecule has 0 aliphatic carbocycles. The summed E-state index contributed by atoms with van der Waals surface area (Å²) in [6, 6.07) is 1.98. The molecule has 3 heterocycles. The van der Waals surface area contributed by atoms with E-state index in [1.54, 1.807) is 11.3 Å². The van der Waals surface area contributed by atoms with Crippen molar-refractivity contribution in [1.29, 1.82) is 0 Å². The van der Waals surface area contributed by atoms with Gasteiger partial charge in [-0.3, -0.25) is 0 Å². The Kier molecular flexibility index (Phi) is 4.28. The average Bonchev–Trinajstić information content (AvgIpc) is 2.97. The largest absolute Gasteiger partial charge is 0.353 e. The van der Waals surface area contributed by atoms with Gasteiger partial charge in [0.2, 0.25) is 5.13 Å². The lowest BCUT2D eigenvalue weighted by molar-refractivity contribution is 0.642. The molecule has 0 bridgehead atoms. The molecule has 2 aromatic heterocycles. The van der Waals surface area contributed by atoms with Crippen molar-refractivity contribution in [2.75, 3.05) is 36.0 Å². The van der Waals surface area contributed by atoms with Crippen molar-refractivity contribution >= 4 is 22.3 Å². The number of hydrogen-bond acceptors (Lipinski definition) is 7. The van der Waals surface area contributed by atoms with Crippen molar-refractivity contribution in [3.63, 3.8) is 0 Å². The van der Waals surface area contributed by atoms with Gasteiger partial charge in [0, 0.05) is 38.8 Å². The van der Waals surface area contributed by atoms with Crippen molar-refractivity contribution in [1.82, 2.24) is 20.2 Å². The van der Waals surface area contributed by atoms with Crippen molar-refractivity contribution in [3.8, 4) is 0 Å². The molecule has 21 heavy (non-hydrogen) atoms. The zero-order valence-corrected chi connectivity index (χ0v) is 13.3. The highest BCUT2D eigenvalue weighted by atomic mass is 32.1. The van der Waals surface area contributed by atoms with Gasteiger partial charge in [-0.15, -0.1) is 10.2 Å².